The first-order valence-corrected chi connectivity index (χ1v) is 11.7. The van der Waals surface area contributed by atoms with Gasteiger partial charge in [-0.3, -0.25) is 9.36 Å². The molecule has 0 saturated carbocycles. The van der Waals surface area contributed by atoms with Gasteiger partial charge in [0, 0.05) is 38.6 Å². The van der Waals surface area contributed by atoms with E-state index in [4.69, 9.17) is 0 Å². The molecule has 0 N–H and O–H groups in total. The zero-order valence-corrected chi connectivity index (χ0v) is 17.5. The Bertz CT molecular complexity index is 964. The fourth-order valence-corrected chi connectivity index (χ4v) is 5.55. The first kappa shape index (κ1) is 20.0. The summed E-state index contributed by atoms with van der Waals surface area (Å²) in [7, 11) is -3.53. The smallest absolute Gasteiger partial charge is 0.274 e. The van der Waals surface area contributed by atoms with Crippen LogP contribution in [0, 0.1) is 5.92 Å². The van der Waals surface area contributed by atoms with E-state index in [1.807, 2.05) is 4.90 Å². The molecule has 1 amide bonds. The summed E-state index contributed by atoms with van der Waals surface area (Å²) in [5.74, 6) is 0.829. The Labute approximate surface area is 171 Å². The second kappa shape index (κ2) is 8.23. The molecular formula is C20H27N5O3S. The first-order chi connectivity index (χ1) is 13.9. The highest BCUT2D eigenvalue weighted by atomic mass is 32.2. The maximum atomic E-state index is 12.9. The molecule has 9 heteroatoms. The quantitative estimate of drug-likeness (QED) is 0.762. The van der Waals surface area contributed by atoms with Crippen LogP contribution in [0.3, 0.4) is 0 Å². The molecule has 2 aliphatic rings. The number of hydrogen-bond donors (Lipinski definition) is 0. The van der Waals surface area contributed by atoms with Gasteiger partial charge in [0.1, 0.15) is 22.7 Å². The number of amides is 1. The van der Waals surface area contributed by atoms with Crippen LogP contribution in [0.1, 0.15) is 49.5 Å². The van der Waals surface area contributed by atoms with Crippen molar-refractivity contribution in [1.82, 2.24) is 23.7 Å². The van der Waals surface area contributed by atoms with E-state index in [9.17, 15) is 13.2 Å². The highest BCUT2D eigenvalue weighted by Crippen LogP contribution is 2.23. The summed E-state index contributed by atoms with van der Waals surface area (Å²) in [6.45, 7) is 4.72. The van der Waals surface area contributed by atoms with Crippen LogP contribution < -0.4 is 0 Å². The normalized spacial score (nSPS) is 21.3. The molecule has 4 rings (SSSR count). The lowest BCUT2D eigenvalue weighted by atomic mass is 10.0. The van der Waals surface area contributed by atoms with Crippen molar-refractivity contribution in [3.05, 3.63) is 36.5 Å². The van der Waals surface area contributed by atoms with E-state index in [1.165, 1.54) is 6.20 Å². The highest BCUT2D eigenvalue weighted by Gasteiger charge is 2.29. The van der Waals surface area contributed by atoms with Gasteiger partial charge in [0.25, 0.3) is 5.91 Å². The Morgan fingerprint density at radius 3 is 2.55 bits per heavy atom. The van der Waals surface area contributed by atoms with E-state index in [2.05, 4.69) is 16.9 Å². The molecule has 2 saturated heterocycles. The van der Waals surface area contributed by atoms with E-state index in [0.29, 0.717) is 30.5 Å². The Balaban J connectivity index is 1.49. The third kappa shape index (κ3) is 4.20. The molecule has 1 unspecified atom stereocenters. The van der Waals surface area contributed by atoms with Crippen molar-refractivity contribution in [3.63, 3.8) is 0 Å². The first-order valence-electron chi connectivity index (χ1n) is 10.2. The average molecular weight is 418 g/mol. The topological polar surface area (TPSA) is 88.4 Å². The van der Waals surface area contributed by atoms with Gasteiger partial charge >= 0.3 is 0 Å². The maximum absolute atomic E-state index is 12.9. The molecule has 1 atom stereocenters. The molecule has 8 nitrogen and oxygen atoms in total. The molecule has 2 aliphatic heterocycles. The minimum absolute atomic E-state index is 0.0677. The van der Waals surface area contributed by atoms with Gasteiger partial charge in [-0.2, -0.15) is 4.31 Å². The van der Waals surface area contributed by atoms with Gasteiger partial charge in [0.05, 0.1) is 0 Å². The number of aromatic nitrogens is 3. The number of rotatable bonds is 4. The van der Waals surface area contributed by atoms with E-state index in [0.717, 1.165) is 45.2 Å². The molecule has 0 radical (unpaired) electrons. The summed E-state index contributed by atoms with van der Waals surface area (Å²) in [6.07, 6.45) is 9.74. The van der Waals surface area contributed by atoms with Gasteiger partial charge in [-0.15, -0.1) is 0 Å². The predicted octanol–water partition coefficient (Wildman–Crippen LogP) is 2.31. The van der Waals surface area contributed by atoms with Gasteiger partial charge in [-0.05, 0) is 50.2 Å². The molecule has 0 spiro atoms. The summed E-state index contributed by atoms with van der Waals surface area (Å²) in [5.41, 5.74) is 0.382. The lowest BCUT2D eigenvalue weighted by molar-refractivity contribution is 0.0719. The highest BCUT2D eigenvalue weighted by molar-refractivity contribution is 7.89. The third-order valence-corrected chi connectivity index (χ3v) is 7.54. The van der Waals surface area contributed by atoms with Crippen LogP contribution in [0.15, 0.2) is 35.7 Å². The molecule has 2 aromatic heterocycles. The van der Waals surface area contributed by atoms with Gasteiger partial charge in [0.15, 0.2) is 0 Å². The molecule has 2 fully saturated rings. The molecule has 0 aliphatic carbocycles. The van der Waals surface area contributed by atoms with Crippen molar-refractivity contribution >= 4 is 15.9 Å². The Morgan fingerprint density at radius 2 is 1.86 bits per heavy atom. The largest absolute Gasteiger partial charge is 0.337 e. The number of likely N-dealkylation sites (tertiary alicyclic amines) is 1. The Morgan fingerprint density at radius 1 is 1.07 bits per heavy atom. The van der Waals surface area contributed by atoms with Gasteiger partial charge < -0.3 is 4.90 Å². The molecular weight excluding hydrogens is 390 g/mol. The standard InChI is InChI=1S/C20H27N5O3S/c1-16-6-5-11-25(13-16)29(27,28)17-7-8-19(21-12-17)24-14-18(22-15-24)20(26)23-9-3-2-4-10-23/h7-8,12,14-16H,2-6,9-11,13H2,1H3. The van der Waals surface area contributed by atoms with Crippen molar-refractivity contribution in [2.24, 2.45) is 5.92 Å². The summed E-state index contributed by atoms with van der Waals surface area (Å²) in [5, 5.41) is 0. The summed E-state index contributed by atoms with van der Waals surface area (Å²) in [6, 6.07) is 3.22. The molecule has 29 heavy (non-hydrogen) atoms. The summed E-state index contributed by atoms with van der Waals surface area (Å²) >= 11 is 0. The fraction of sp³-hybridized carbons (Fsp3) is 0.550. The number of hydrogen-bond acceptors (Lipinski definition) is 5. The van der Waals surface area contributed by atoms with Crippen LogP contribution >= 0.6 is 0 Å². The Kier molecular flexibility index (Phi) is 5.69. The number of imidazole rings is 1. The van der Waals surface area contributed by atoms with Crippen LogP contribution in [0.2, 0.25) is 0 Å². The second-order valence-electron chi connectivity index (χ2n) is 7.98. The molecule has 0 aromatic carbocycles. The van der Waals surface area contributed by atoms with Crippen molar-refractivity contribution in [2.45, 2.75) is 43.9 Å². The lowest BCUT2D eigenvalue weighted by Gasteiger charge is -2.29. The van der Waals surface area contributed by atoms with Crippen LogP contribution in [-0.2, 0) is 10.0 Å². The van der Waals surface area contributed by atoms with Crippen molar-refractivity contribution in [3.8, 4) is 5.82 Å². The molecule has 156 valence electrons. The Hall–Kier alpha value is -2.26. The molecule has 4 heterocycles. The minimum Gasteiger partial charge on any atom is -0.337 e. The maximum Gasteiger partial charge on any atom is 0.274 e. The summed E-state index contributed by atoms with van der Waals surface area (Å²) in [4.78, 5) is 23.1. The van der Waals surface area contributed by atoms with Crippen LogP contribution in [0.5, 0.6) is 0 Å². The zero-order valence-electron chi connectivity index (χ0n) is 16.7. The lowest BCUT2D eigenvalue weighted by Crippen LogP contribution is -2.39. The van der Waals surface area contributed by atoms with Gasteiger partial charge in [0.2, 0.25) is 10.0 Å². The monoisotopic (exact) mass is 417 g/mol. The molecule has 2 aromatic rings. The fourth-order valence-electron chi connectivity index (χ4n) is 4.01. The number of pyridine rings is 1. The predicted molar refractivity (Wildman–Crippen MR) is 108 cm³/mol. The number of carbonyl (C=O) groups excluding carboxylic acids is 1. The number of sulfonamides is 1. The van der Waals surface area contributed by atoms with E-state index < -0.39 is 10.0 Å². The second-order valence-corrected chi connectivity index (χ2v) is 9.92. The zero-order chi connectivity index (χ0) is 20.4. The van der Waals surface area contributed by atoms with Crippen LogP contribution in [0.4, 0.5) is 0 Å². The van der Waals surface area contributed by atoms with Gasteiger partial charge in [-0.1, -0.05) is 6.92 Å². The van der Waals surface area contributed by atoms with Crippen LogP contribution in [-0.4, -0.2) is 64.2 Å². The third-order valence-electron chi connectivity index (χ3n) is 5.69. The van der Waals surface area contributed by atoms with Crippen molar-refractivity contribution < 1.29 is 13.2 Å². The van der Waals surface area contributed by atoms with Crippen LogP contribution in [0.25, 0.3) is 5.82 Å². The minimum atomic E-state index is -3.53. The number of carbonyl (C=O) groups is 1. The van der Waals surface area contributed by atoms with Crippen molar-refractivity contribution in [2.75, 3.05) is 26.2 Å². The van der Waals surface area contributed by atoms with E-state index in [1.54, 1.807) is 33.5 Å². The van der Waals surface area contributed by atoms with E-state index in [-0.39, 0.29) is 10.8 Å². The molecule has 0 bridgehead atoms. The average Bonchev–Trinajstić information content (AvgIpc) is 3.24. The van der Waals surface area contributed by atoms with Gasteiger partial charge in [-0.25, -0.2) is 18.4 Å². The number of nitrogens with zero attached hydrogens (tertiary/aromatic N) is 5. The SMILES string of the molecule is CC1CCCN(S(=O)(=O)c2ccc(-n3cnc(C(=O)N4CCCCC4)c3)nc2)C1. The van der Waals surface area contributed by atoms with Crippen molar-refractivity contribution in [1.29, 1.82) is 0 Å². The number of piperidine rings is 2. The van der Waals surface area contributed by atoms with E-state index >= 15 is 0 Å². The summed E-state index contributed by atoms with van der Waals surface area (Å²) < 4.78 is 28.9.